The number of hydrogen-bond acceptors (Lipinski definition) is 3. The highest BCUT2D eigenvalue weighted by atomic mass is 16.3. The van der Waals surface area contributed by atoms with Crippen molar-refractivity contribution in [2.24, 2.45) is 7.05 Å². The first-order chi connectivity index (χ1) is 5.15. The van der Waals surface area contributed by atoms with E-state index in [2.05, 4.69) is 5.32 Å². The molecule has 0 radical (unpaired) electrons. The van der Waals surface area contributed by atoms with Gasteiger partial charge in [-0.2, -0.15) is 0 Å². The van der Waals surface area contributed by atoms with Crippen molar-refractivity contribution in [1.29, 1.82) is 0 Å². The maximum Gasteiger partial charge on any atom is 0.175 e. The Morgan fingerprint density at radius 2 is 2.27 bits per heavy atom. The molecule has 1 aromatic rings. The van der Waals surface area contributed by atoms with Crippen LogP contribution in [0.4, 0.5) is 5.82 Å². The number of nitrogens with zero attached hydrogens (tertiary/aromatic N) is 1. The number of nitrogens with one attached hydrogen (secondary N) is 1. The molecule has 0 aromatic carbocycles. The van der Waals surface area contributed by atoms with Crippen LogP contribution in [-0.4, -0.2) is 11.6 Å². The second-order valence-electron chi connectivity index (χ2n) is 2.25. The van der Waals surface area contributed by atoms with Crippen LogP contribution in [-0.2, 0) is 7.05 Å². The third kappa shape index (κ3) is 1.34. The van der Waals surface area contributed by atoms with Gasteiger partial charge in [0.05, 0.1) is 0 Å². The lowest BCUT2D eigenvalue weighted by Gasteiger charge is -2.11. The Labute approximate surface area is 64.1 Å². The van der Waals surface area contributed by atoms with Gasteiger partial charge in [0.2, 0.25) is 0 Å². The number of aryl methyl sites for hydroxylation is 1. The molecule has 0 aliphatic heterocycles. The molecule has 0 spiro atoms. The molecule has 0 unspecified atom stereocenters. The summed E-state index contributed by atoms with van der Waals surface area (Å²) < 4.78 is 1.57. The second-order valence-corrected chi connectivity index (χ2v) is 2.25. The first-order valence-corrected chi connectivity index (χ1v) is 3.20. The molecule has 0 amide bonds. The lowest BCUT2D eigenvalue weighted by molar-refractivity contribution is -0.270. The van der Waals surface area contributed by atoms with Crippen molar-refractivity contribution >= 4 is 5.82 Å². The summed E-state index contributed by atoms with van der Waals surface area (Å²) in [6.45, 7) is 0. The van der Waals surface area contributed by atoms with Crippen molar-refractivity contribution < 1.29 is 5.11 Å². The van der Waals surface area contributed by atoms with E-state index in [4.69, 9.17) is 0 Å². The molecule has 0 atom stereocenters. The van der Waals surface area contributed by atoms with E-state index in [0.29, 0.717) is 5.82 Å². The van der Waals surface area contributed by atoms with Crippen molar-refractivity contribution in [1.82, 2.24) is 4.57 Å². The molecule has 0 bridgehead atoms. The van der Waals surface area contributed by atoms with Crippen LogP contribution in [0.3, 0.4) is 0 Å². The van der Waals surface area contributed by atoms with Gasteiger partial charge >= 0.3 is 0 Å². The Morgan fingerprint density at radius 3 is 2.82 bits per heavy atom. The van der Waals surface area contributed by atoms with E-state index in [0.717, 1.165) is 0 Å². The van der Waals surface area contributed by atoms with Crippen LogP contribution in [0.1, 0.15) is 0 Å². The van der Waals surface area contributed by atoms with Gasteiger partial charge in [0.25, 0.3) is 0 Å². The van der Waals surface area contributed by atoms with E-state index in [-0.39, 0.29) is 0 Å². The Bertz CT molecular complexity index is 317. The summed E-state index contributed by atoms with van der Waals surface area (Å²) >= 11 is 0. The van der Waals surface area contributed by atoms with Crippen LogP contribution >= 0.6 is 0 Å². The first kappa shape index (κ1) is 7.65. The topological polar surface area (TPSA) is 57.1 Å². The highest BCUT2D eigenvalue weighted by Crippen LogP contribution is 2.03. The van der Waals surface area contributed by atoms with Crippen LogP contribution in [0, 0.1) is 0 Å². The summed E-state index contributed by atoms with van der Waals surface area (Å²) in [7, 11) is 3.39. The summed E-state index contributed by atoms with van der Waals surface area (Å²) in [5.74, 6) is 0.154. The van der Waals surface area contributed by atoms with Crippen molar-refractivity contribution in [3.8, 4) is 5.75 Å². The molecule has 1 heterocycles. The van der Waals surface area contributed by atoms with Gasteiger partial charge in [0, 0.05) is 26.4 Å². The highest BCUT2D eigenvalue weighted by Gasteiger charge is 1.93. The van der Waals surface area contributed by atoms with E-state index in [1.165, 1.54) is 12.3 Å². The molecule has 1 rings (SSSR count). The van der Waals surface area contributed by atoms with Crippen molar-refractivity contribution in [3.63, 3.8) is 0 Å². The van der Waals surface area contributed by atoms with Gasteiger partial charge in [-0.25, -0.2) is 0 Å². The number of anilines is 1. The highest BCUT2D eigenvalue weighted by molar-refractivity contribution is 5.37. The Kier molecular flexibility index (Phi) is 1.85. The lowest BCUT2D eigenvalue weighted by Crippen LogP contribution is -2.14. The molecule has 4 heteroatoms. The predicted molar refractivity (Wildman–Crippen MR) is 40.7 cm³/mol. The van der Waals surface area contributed by atoms with E-state index in [1.54, 1.807) is 18.7 Å². The summed E-state index contributed by atoms with van der Waals surface area (Å²) in [6, 6.07) is 1.28. The smallest absolute Gasteiger partial charge is 0.175 e. The van der Waals surface area contributed by atoms with E-state index in [9.17, 15) is 9.90 Å². The Balaban J connectivity index is 3.32. The molecular formula is C7H9N2O2-. The fourth-order valence-electron chi connectivity index (χ4n) is 0.855. The lowest BCUT2D eigenvalue weighted by atomic mass is 10.4. The number of hydrogen-bond donors (Lipinski definition) is 1. The number of pyridine rings is 1. The van der Waals surface area contributed by atoms with Crippen LogP contribution in [0.5, 0.6) is 5.75 Å². The van der Waals surface area contributed by atoms with Gasteiger partial charge in [0.15, 0.2) is 5.43 Å². The zero-order valence-corrected chi connectivity index (χ0v) is 6.42. The van der Waals surface area contributed by atoms with Gasteiger partial charge in [-0.05, 0) is 5.75 Å². The van der Waals surface area contributed by atoms with Gasteiger partial charge < -0.3 is 15.0 Å². The van der Waals surface area contributed by atoms with Crippen LogP contribution in [0.25, 0.3) is 0 Å². The monoisotopic (exact) mass is 153 g/mol. The van der Waals surface area contributed by atoms with Gasteiger partial charge in [0.1, 0.15) is 5.82 Å². The van der Waals surface area contributed by atoms with E-state index in [1.807, 2.05) is 0 Å². The maximum absolute atomic E-state index is 10.8. The first-order valence-electron chi connectivity index (χ1n) is 3.20. The molecule has 0 fully saturated rings. The zero-order chi connectivity index (χ0) is 8.43. The minimum atomic E-state index is -0.480. The molecule has 0 aliphatic rings. The molecule has 0 saturated heterocycles. The van der Waals surface area contributed by atoms with Crippen LogP contribution in [0.15, 0.2) is 17.1 Å². The maximum atomic E-state index is 10.8. The number of aromatic nitrogens is 1. The molecule has 4 nitrogen and oxygen atoms in total. The minimum absolute atomic E-state index is 0.479. The fraction of sp³-hybridized carbons (Fsp3) is 0.286. The molecule has 1 N–H and O–H groups in total. The molecule has 0 aliphatic carbocycles. The van der Waals surface area contributed by atoms with Crippen LogP contribution in [0.2, 0.25) is 0 Å². The minimum Gasteiger partial charge on any atom is -0.869 e. The molecule has 1 aromatic heterocycles. The second kappa shape index (κ2) is 2.65. The Morgan fingerprint density at radius 1 is 1.64 bits per heavy atom. The molecule has 0 saturated carbocycles. The zero-order valence-electron chi connectivity index (χ0n) is 6.42. The van der Waals surface area contributed by atoms with Crippen molar-refractivity contribution in [2.75, 3.05) is 12.4 Å². The largest absolute Gasteiger partial charge is 0.869 e. The quantitative estimate of drug-likeness (QED) is 0.591. The van der Waals surface area contributed by atoms with Crippen molar-refractivity contribution in [3.05, 3.63) is 22.5 Å². The third-order valence-electron chi connectivity index (χ3n) is 1.46. The summed E-state index contributed by atoms with van der Waals surface area (Å²) in [4.78, 5) is 10.8. The molecule has 11 heavy (non-hydrogen) atoms. The number of rotatable bonds is 1. The summed E-state index contributed by atoms with van der Waals surface area (Å²) in [5.41, 5.74) is -0.479. The SMILES string of the molecule is CNc1cc(=O)c([O-])cn1C. The normalized spacial score (nSPS) is 9.64. The fourth-order valence-corrected chi connectivity index (χ4v) is 0.855. The van der Waals surface area contributed by atoms with E-state index >= 15 is 0 Å². The molecule has 60 valence electrons. The Hall–Kier alpha value is -1.45. The molecular weight excluding hydrogens is 144 g/mol. The van der Waals surface area contributed by atoms with E-state index < -0.39 is 11.2 Å². The van der Waals surface area contributed by atoms with Crippen molar-refractivity contribution in [2.45, 2.75) is 0 Å². The third-order valence-corrected chi connectivity index (χ3v) is 1.46. The van der Waals surface area contributed by atoms with Crippen LogP contribution < -0.4 is 15.9 Å². The standard InChI is InChI=1S/C7H10N2O2/c1-8-7-3-5(10)6(11)4-9(7)2/h3-4,8,11H,1-2H3/p-1. The summed E-state index contributed by atoms with van der Waals surface area (Å²) in [5, 5.41) is 13.5. The average Bonchev–Trinajstić information content (AvgIpc) is 1.97. The average molecular weight is 153 g/mol. The summed E-state index contributed by atoms with van der Waals surface area (Å²) in [6.07, 6.45) is 1.26. The van der Waals surface area contributed by atoms with Gasteiger partial charge in [-0.15, -0.1) is 0 Å². The predicted octanol–water partition coefficient (Wildman–Crippen LogP) is -0.499. The van der Waals surface area contributed by atoms with Gasteiger partial charge in [-0.3, -0.25) is 4.79 Å². The van der Waals surface area contributed by atoms with Gasteiger partial charge in [-0.1, -0.05) is 0 Å².